The molecular weight excluding hydrogens is 390 g/mol. The highest BCUT2D eigenvalue weighted by atomic mass is 16.6. The molecule has 5 nitrogen and oxygen atoms in total. The van der Waals surface area contributed by atoms with Crippen molar-refractivity contribution in [2.24, 2.45) is 5.73 Å². The summed E-state index contributed by atoms with van der Waals surface area (Å²) in [7, 11) is 1.37. The van der Waals surface area contributed by atoms with Crippen molar-refractivity contribution in [2.45, 2.75) is 45.3 Å². The van der Waals surface area contributed by atoms with Crippen LogP contribution in [0.2, 0.25) is 0 Å². The number of ether oxygens (including phenoxy) is 3. The molecule has 1 unspecified atom stereocenters. The van der Waals surface area contributed by atoms with E-state index in [1.165, 1.54) is 13.3 Å². The molecule has 0 aromatic heterocycles. The van der Waals surface area contributed by atoms with Crippen LogP contribution in [0.15, 0.2) is 42.6 Å². The quantitative estimate of drug-likeness (QED) is 0.750. The number of aryl methyl sites for hydroxylation is 1. The van der Waals surface area contributed by atoms with Crippen molar-refractivity contribution in [1.82, 2.24) is 0 Å². The van der Waals surface area contributed by atoms with Crippen molar-refractivity contribution >= 4 is 18.6 Å². The Morgan fingerprint density at radius 2 is 2.03 bits per heavy atom. The zero-order chi connectivity index (χ0) is 22.6. The molecule has 2 aromatic rings. The second-order valence-corrected chi connectivity index (χ2v) is 8.56. The number of hydrogen-bond acceptors (Lipinski definition) is 5. The van der Waals surface area contributed by atoms with E-state index < -0.39 is 17.7 Å². The number of carbonyl (C=O) groups is 1. The molecule has 0 radical (unpaired) electrons. The topological polar surface area (TPSA) is 70.8 Å². The molecule has 2 aromatic carbocycles. The van der Waals surface area contributed by atoms with E-state index in [0.29, 0.717) is 5.56 Å². The van der Waals surface area contributed by atoms with Crippen LogP contribution in [0.3, 0.4) is 0 Å². The van der Waals surface area contributed by atoms with E-state index in [1.807, 2.05) is 51.1 Å². The SMILES string of the molecule is C=c1ccc(-c2ccc3c(c2)CCCO3)c(C(OC(C)(C)C)C(=O)OC)/c1=C/C=C\N. The Labute approximate surface area is 183 Å². The summed E-state index contributed by atoms with van der Waals surface area (Å²) < 4.78 is 17.1. The molecule has 0 bridgehead atoms. The summed E-state index contributed by atoms with van der Waals surface area (Å²) in [6.45, 7) is 10.6. The van der Waals surface area contributed by atoms with Gasteiger partial charge in [0, 0.05) is 5.56 Å². The molecule has 0 fully saturated rings. The Bertz CT molecular complexity index is 1100. The van der Waals surface area contributed by atoms with Gasteiger partial charge in [0.25, 0.3) is 0 Å². The maximum absolute atomic E-state index is 12.9. The third kappa shape index (κ3) is 5.17. The molecule has 2 N–H and O–H groups in total. The first-order valence-corrected chi connectivity index (χ1v) is 10.5. The van der Waals surface area contributed by atoms with E-state index in [2.05, 4.69) is 12.6 Å². The first kappa shape index (κ1) is 22.6. The van der Waals surface area contributed by atoms with Gasteiger partial charge in [-0.05, 0) is 85.1 Å². The van der Waals surface area contributed by atoms with Gasteiger partial charge < -0.3 is 19.9 Å². The van der Waals surface area contributed by atoms with Crippen molar-refractivity contribution in [2.75, 3.05) is 13.7 Å². The molecule has 5 heteroatoms. The van der Waals surface area contributed by atoms with E-state index in [0.717, 1.165) is 52.3 Å². The molecule has 1 atom stereocenters. The highest BCUT2D eigenvalue weighted by Crippen LogP contribution is 2.34. The zero-order valence-corrected chi connectivity index (χ0v) is 18.7. The van der Waals surface area contributed by atoms with Gasteiger partial charge in [-0.15, -0.1) is 0 Å². The summed E-state index contributed by atoms with van der Waals surface area (Å²) in [6.07, 6.45) is 6.04. The summed E-state index contributed by atoms with van der Waals surface area (Å²) in [5, 5.41) is 1.55. The lowest BCUT2D eigenvalue weighted by Gasteiger charge is -2.28. The number of methoxy groups -OCH3 is 1. The molecule has 0 aliphatic carbocycles. The fourth-order valence-corrected chi connectivity index (χ4v) is 3.78. The van der Waals surface area contributed by atoms with Crippen LogP contribution in [0.5, 0.6) is 5.75 Å². The van der Waals surface area contributed by atoms with Crippen molar-refractivity contribution < 1.29 is 19.0 Å². The first-order chi connectivity index (χ1) is 14.7. The summed E-state index contributed by atoms with van der Waals surface area (Å²) in [5.74, 6) is 0.452. The Morgan fingerprint density at radius 1 is 1.26 bits per heavy atom. The van der Waals surface area contributed by atoms with Crippen molar-refractivity contribution in [3.63, 3.8) is 0 Å². The van der Waals surface area contributed by atoms with Gasteiger partial charge in [0.05, 0.1) is 19.3 Å². The van der Waals surface area contributed by atoms with Gasteiger partial charge in [-0.1, -0.05) is 30.9 Å². The summed E-state index contributed by atoms with van der Waals surface area (Å²) in [4.78, 5) is 12.9. The highest BCUT2D eigenvalue weighted by molar-refractivity contribution is 5.82. The van der Waals surface area contributed by atoms with Crippen LogP contribution in [0.1, 0.15) is 44.4 Å². The van der Waals surface area contributed by atoms with Crippen molar-refractivity contribution in [3.8, 4) is 16.9 Å². The molecule has 0 spiro atoms. The van der Waals surface area contributed by atoms with Crippen LogP contribution in [-0.4, -0.2) is 25.3 Å². The minimum atomic E-state index is -0.925. The van der Waals surface area contributed by atoms with Gasteiger partial charge in [-0.25, -0.2) is 4.79 Å². The number of hydrogen-bond donors (Lipinski definition) is 1. The van der Waals surface area contributed by atoms with E-state index in [1.54, 1.807) is 6.08 Å². The Balaban J connectivity index is 2.32. The Kier molecular flexibility index (Phi) is 6.86. The third-order valence-electron chi connectivity index (χ3n) is 5.12. The minimum Gasteiger partial charge on any atom is -0.493 e. The van der Waals surface area contributed by atoms with Gasteiger partial charge in [-0.2, -0.15) is 0 Å². The molecule has 1 aliphatic rings. The zero-order valence-electron chi connectivity index (χ0n) is 18.7. The summed E-state index contributed by atoms with van der Waals surface area (Å²) in [5.41, 5.74) is 8.77. The van der Waals surface area contributed by atoms with Crippen LogP contribution in [0.4, 0.5) is 0 Å². The molecule has 31 heavy (non-hydrogen) atoms. The largest absolute Gasteiger partial charge is 0.493 e. The standard InChI is InChI=1S/C26H31NO4/c1-17-10-12-21(18-11-13-22-19(16-18)8-7-15-30-22)23(20(17)9-6-14-27)24(25(28)29-5)31-26(2,3)4/h6,9-14,16,24H,1,7-8,15,27H2,2-5H3/b14-6-,20-9+. The van der Waals surface area contributed by atoms with Gasteiger partial charge in [0.2, 0.25) is 0 Å². The molecule has 0 saturated carbocycles. The third-order valence-corrected chi connectivity index (χ3v) is 5.12. The molecule has 1 aliphatic heterocycles. The van der Waals surface area contributed by atoms with Crippen molar-refractivity contribution in [1.29, 1.82) is 0 Å². The molecular formula is C26H31NO4. The fourth-order valence-electron chi connectivity index (χ4n) is 3.78. The predicted octanol–water partition coefficient (Wildman–Crippen LogP) is 3.37. The number of carbonyl (C=O) groups excluding carboxylic acids is 1. The van der Waals surface area contributed by atoms with E-state index >= 15 is 0 Å². The van der Waals surface area contributed by atoms with Gasteiger partial charge in [0.1, 0.15) is 5.75 Å². The van der Waals surface area contributed by atoms with Gasteiger partial charge >= 0.3 is 5.97 Å². The van der Waals surface area contributed by atoms with E-state index in [4.69, 9.17) is 19.9 Å². The van der Waals surface area contributed by atoms with Gasteiger partial charge in [0.15, 0.2) is 6.10 Å². The van der Waals surface area contributed by atoms with Crippen LogP contribution < -0.4 is 20.9 Å². The Morgan fingerprint density at radius 3 is 2.71 bits per heavy atom. The van der Waals surface area contributed by atoms with Crippen LogP contribution in [0, 0.1) is 0 Å². The highest BCUT2D eigenvalue weighted by Gasteiger charge is 2.31. The first-order valence-electron chi connectivity index (χ1n) is 10.5. The lowest BCUT2D eigenvalue weighted by atomic mass is 9.90. The average Bonchev–Trinajstić information content (AvgIpc) is 2.75. The second kappa shape index (κ2) is 9.40. The van der Waals surface area contributed by atoms with Crippen LogP contribution in [0.25, 0.3) is 23.8 Å². The number of allylic oxidation sites excluding steroid dienone is 1. The molecule has 0 amide bonds. The molecule has 3 rings (SSSR count). The van der Waals surface area contributed by atoms with Crippen LogP contribution >= 0.6 is 0 Å². The maximum Gasteiger partial charge on any atom is 0.339 e. The Hall–Kier alpha value is -3.05. The normalized spacial score (nSPS) is 15.4. The molecule has 0 saturated heterocycles. The summed E-state index contributed by atoms with van der Waals surface area (Å²) in [6, 6.07) is 10.1. The van der Waals surface area contributed by atoms with E-state index in [-0.39, 0.29) is 0 Å². The number of esters is 1. The summed E-state index contributed by atoms with van der Waals surface area (Å²) >= 11 is 0. The molecule has 1 heterocycles. The number of fused-ring (bicyclic) bond motifs is 1. The minimum absolute atomic E-state index is 0.463. The van der Waals surface area contributed by atoms with Gasteiger partial charge in [-0.3, -0.25) is 0 Å². The number of nitrogens with two attached hydrogens (primary N) is 1. The smallest absolute Gasteiger partial charge is 0.339 e. The second-order valence-electron chi connectivity index (χ2n) is 8.56. The lowest BCUT2D eigenvalue weighted by Crippen LogP contribution is -2.36. The lowest BCUT2D eigenvalue weighted by molar-refractivity contribution is -0.164. The van der Waals surface area contributed by atoms with Crippen LogP contribution in [-0.2, 0) is 20.7 Å². The predicted molar refractivity (Wildman–Crippen MR) is 124 cm³/mol. The fraction of sp³-hybridized carbons (Fsp3) is 0.346. The number of benzene rings is 2. The number of rotatable bonds is 5. The molecule has 164 valence electrons. The van der Waals surface area contributed by atoms with E-state index in [9.17, 15) is 4.79 Å². The monoisotopic (exact) mass is 421 g/mol. The average molecular weight is 422 g/mol. The maximum atomic E-state index is 12.9. The van der Waals surface area contributed by atoms with Crippen molar-refractivity contribution in [3.05, 3.63) is 64.2 Å².